The number of hydrogen-bond acceptors (Lipinski definition) is 3. The lowest BCUT2D eigenvalue weighted by Crippen LogP contribution is -2.45. The Morgan fingerprint density at radius 2 is 2.12 bits per heavy atom. The molecular weight excluding hydrogens is 240 g/mol. The summed E-state index contributed by atoms with van der Waals surface area (Å²) in [4.78, 5) is 3.59. The molecule has 0 saturated heterocycles. The molecule has 2 nitrogen and oxygen atoms in total. The van der Waals surface area contributed by atoms with Crippen LogP contribution in [0.15, 0.2) is 12.1 Å². The number of likely N-dealkylation sites (N-methyl/N-ethyl adjacent to an activating group) is 1. The number of rotatable bonds is 5. The molecule has 1 atom stereocenters. The molecule has 0 aliphatic heterocycles. The number of nitrogens with two attached hydrogens (primary N) is 1. The first-order chi connectivity index (χ1) is 7.42. The van der Waals surface area contributed by atoms with Gasteiger partial charge >= 0.3 is 0 Å². The Hall–Kier alpha value is -0.0900. The highest BCUT2D eigenvalue weighted by Gasteiger charge is 2.28. The summed E-state index contributed by atoms with van der Waals surface area (Å²) in [6.07, 6.45) is 1.10. The van der Waals surface area contributed by atoms with Crippen molar-refractivity contribution in [3.8, 4) is 0 Å². The maximum atomic E-state index is 5.97. The van der Waals surface area contributed by atoms with Crippen molar-refractivity contribution in [3.05, 3.63) is 21.3 Å². The van der Waals surface area contributed by atoms with Crippen LogP contribution in [-0.4, -0.2) is 24.0 Å². The molecule has 92 valence electrons. The summed E-state index contributed by atoms with van der Waals surface area (Å²) in [7, 11) is 2.13. The second-order valence-electron chi connectivity index (χ2n) is 4.67. The molecule has 0 bridgehead atoms. The van der Waals surface area contributed by atoms with Crippen LogP contribution >= 0.6 is 22.9 Å². The molecule has 4 heteroatoms. The topological polar surface area (TPSA) is 29.3 Å². The van der Waals surface area contributed by atoms with Gasteiger partial charge < -0.3 is 5.73 Å². The molecule has 0 aliphatic carbocycles. The third-order valence-corrected chi connectivity index (χ3v) is 4.77. The van der Waals surface area contributed by atoms with Crippen molar-refractivity contribution in [2.75, 3.05) is 13.6 Å². The Morgan fingerprint density at radius 3 is 2.50 bits per heavy atom. The smallest absolute Gasteiger partial charge is 0.0931 e. The van der Waals surface area contributed by atoms with Gasteiger partial charge in [0.2, 0.25) is 0 Å². The van der Waals surface area contributed by atoms with Crippen molar-refractivity contribution in [2.45, 2.75) is 38.8 Å². The van der Waals surface area contributed by atoms with Gasteiger partial charge in [-0.15, -0.1) is 11.3 Å². The molecule has 1 aromatic heterocycles. The lowest BCUT2D eigenvalue weighted by Gasteiger charge is -2.40. The molecule has 1 heterocycles. The lowest BCUT2D eigenvalue weighted by atomic mass is 9.97. The molecule has 1 unspecified atom stereocenters. The van der Waals surface area contributed by atoms with Gasteiger partial charge in [0.05, 0.1) is 10.4 Å². The van der Waals surface area contributed by atoms with Crippen molar-refractivity contribution < 1.29 is 0 Å². The van der Waals surface area contributed by atoms with E-state index < -0.39 is 0 Å². The zero-order chi connectivity index (χ0) is 12.3. The van der Waals surface area contributed by atoms with Crippen LogP contribution in [0.3, 0.4) is 0 Å². The van der Waals surface area contributed by atoms with E-state index in [1.54, 1.807) is 11.3 Å². The number of hydrogen-bond donors (Lipinski definition) is 1. The minimum absolute atomic E-state index is 0.153. The minimum atomic E-state index is 0.153. The minimum Gasteiger partial charge on any atom is -0.329 e. The van der Waals surface area contributed by atoms with Crippen LogP contribution in [0.5, 0.6) is 0 Å². The first kappa shape index (κ1) is 14.0. The Kier molecular flexibility index (Phi) is 4.80. The monoisotopic (exact) mass is 260 g/mol. The first-order valence-electron chi connectivity index (χ1n) is 5.60. The molecule has 0 radical (unpaired) electrons. The lowest BCUT2D eigenvalue weighted by molar-refractivity contribution is 0.102. The maximum Gasteiger partial charge on any atom is 0.0931 e. The molecule has 1 aromatic rings. The second-order valence-corrected chi connectivity index (χ2v) is 6.42. The molecule has 0 saturated carbocycles. The van der Waals surface area contributed by atoms with Crippen LogP contribution in [-0.2, 0) is 0 Å². The fourth-order valence-corrected chi connectivity index (χ4v) is 2.86. The number of nitrogens with zero attached hydrogens (tertiary/aromatic N) is 1. The van der Waals surface area contributed by atoms with Crippen LogP contribution in [0.1, 0.15) is 38.1 Å². The summed E-state index contributed by atoms with van der Waals surface area (Å²) >= 11 is 7.59. The quantitative estimate of drug-likeness (QED) is 0.878. The number of halogens is 1. The molecule has 1 rings (SSSR count). The van der Waals surface area contributed by atoms with E-state index in [-0.39, 0.29) is 11.6 Å². The van der Waals surface area contributed by atoms with Crippen LogP contribution in [0.25, 0.3) is 0 Å². The molecular formula is C12H21ClN2S. The van der Waals surface area contributed by atoms with Crippen LogP contribution in [0.2, 0.25) is 4.34 Å². The van der Waals surface area contributed by atoms with Crippen molar-refractivity contribution in [2.24, 2.45) is 5.73 Å². The maximum absolute atomic E-state index is 5.97. The third-order valence-electron chi connectivity index (χ3n) is 3.43. The van der Waals surface area contributed by atoms with E-state index >= 15 is 0 Å². The summed E-state index contributed by atoms with van der Waals surface area (Å²) in [6, 6.07) is 4.27. The van der Waals surface area contributed by atoms with E-state index in [1.165, 1.54) is 4.88 Å². The SMILES string of the molecule is CCC(C)(C)N(C)C(CN)c1ccc(Cl)s1. The van der Waals surface area contributed by atoms with Crippen molar-refractivity contribution in [1.82, 2.24) is 4.90 Å². The summed E-state index contributed by atoms with van der Waals surface area (Å²) in [5, 5.41) is 0. The van der Waals surface area contributed by atoms with Crippen molar-refractivity contribution in [3.63, 3.8) is 0 Å². The Balaban J connectivity index is 2.90. The first-order valence-corrected chi connectivity index (χ1v) is 6.80. The van der Waals surface area contributed by atoms with Crippen LogP contribution < -0.4 is 5.73 Å². The van der Waals surface area contributed by atoms with E-state index in [2.05, 4.69) is 38.8 Å². The largest absolute Gasteiger partial charge is 0.329 e. The molecule has 0 amide bonds. The molecule has 0 fully saturated rings. The average Bonchev–Trinajstić information content (AvgIpc) is 2.66. The molecule has 0 aliphatic rings. The van der Waals surface area contributed by atoms with Crippen molar-refractivity contribution in [1.29, 1.82) is 0 Å². The molecule has 2 N–H and O–H groups in total. The molecule has 0 spiro atoms. The highest BCUT2D eigenvalue weighted by Crippen LogP contribution is 2.33. The van der Waals surface area contributed by atoms with Gasteiger partial charge in [-0.2, -0.15) is 0 Å². The summed E-state index contributed by atoms with van der Waals surface area (Å²) in [6.45, 7) is 7.30. The van der Waals surface area contributed by atoms with Crippen LogP contribution in [0, 0.1) is 0 Å². The normalized spacial score (nSPS) is 14.4. The molecule has 16 heavy (non-hydrogen) atoms. The highest BCUT2D eigenvalue weighted by atomic mass is 35.5. The van der Waals surface area contributed by atoms with Gasteiger partial charge in [0, 0.05) is 17.0 Å². The standard InChI is InChI=1S/C12H21ClN2S/c1-5-12(2,3)15(4)9(8-14)10-6-7-11(13)16-10/h6-7,9H,5,8,14H2,1-4H3. The van der Waals surface area contributed by atoms with E-state index in [9.17, 15) is 0 Å². The number of thiophene rings is 1. The molecule has 0 aromatic carbocycles. The predicted octanol–water partition coefficient (Wildman–Crippen LogP) is 3.52. The van der Waals surface area contributed by atoms with Gasteiger partial charge in [0.1, 0.15) is 0 Å². The van der Waals surface area contributed by atoms with Gasteiger partial charge in [-0.25, -0.2) is 0 Å². The van der Waals surface area contributed by atoms with Gasteiger partial charge in [-0.3, -0.25) is 4.90 Å². The zero-order valence-corrected chi connectivity index (χ0v) is 12.0. The van der Waals surface area contributed by atoms with E-state index in [0.29, 0.717) is 6.54 Å². The second kappa shape index (κ2) is 5.50. The highest BCUT2D eigenvalue weighted by molar-refractivity contribution is 7.16. The van der Waals surface area contributed by atoms with Crippen LogP contribution in [0.4, 0.5) is 0 Å². The Labute approximate surface area is 107 Å². The summed E-state index contributed by atoms with van der Waals surface area (Å²) in [5.41, 5.74) is 6.04. The Bertz CT molecular complexity index is 336. The van der Waals surface area contributed by atoms with E-state index in [4.69, 9.17) is 17.3 Å². The summed E-state index contributed by atoms with van der Waals surface area (Å²) in [5.74, 6) is 0. The van der Waals surface area contributed by atoms with Crippen molar-refractivity contribution >= 4 is 22.9 Å². The Morgan fingerprint density at radius 1 is 1.50 bits per heavy atom. The van der Waals surface area contributed by atoms with E-state index in [0.717, 1.165) is 10.8 Å². The predicted molar refractivity (Wildman–Crippen MR) is 73.3 cm³/mol. The van der Waals surface area contributed by atoms with Gasteiger partial charge in [-0.1, -0.05) is 18.5 Å². The third kappa shape index (κ3) is 2.98. The fourth-order valence-electron chi connectivity index (χ4n) is 1.64. The van der Waals surface area contributed by atoms with Gasteiger partial charge in [0.25, 0.3) is 0 Å². The fraction of sp³-hybridized carbons (Fsp3) is 0.667. The van der Waals surface area contributed by atoms with E-state index in [1.807, 2.05) is 6.07 Å². The zero-order valence-electron chi connectivity index (χ0n) is 10.5. The van der Waals surface area contributed by atoms with Gasteiger partial charge in [0.15, 0.2) is 0 Å². The average molecular weight is 261 g/mol. The van der Waals surface area contributed by atoms with Gasteiger partial charge in [-0.05, 0) is 39.4 Å². The summed E-state index contributed by atoms with van der Waals surface area (Å²) < 4.78 is 0.830.